The maximum atomic E-state index is 11.8. The van der Waals surface area contributed by atoms with Crippen LogP contribution in [0.4, 0.5) is 9.59 Å². The molecule has 73 heteroatoms. The van der Waals surface area contributed by atoms with Crippen molar-refractivity contribution < 1.29 is 142 Å². The number of amides is 8. The Morgan fingerprint density at radius 2 is 0.634 bits per heavy atom. The Morgan fingerprint density at radius 3 is 1.02 bits per heavy atom. The van der Waals surface area contributed by atoms with Crippen LogP contribution in [-0.2, 0) is 86.2 Å². The summed E-state index contributed by atoms with van der Waals surface area (Å²) in [5, 5.41) is 115. The molecular weight excluding hydrogens is 1910 g/mol. The van der Waals surface area contributed by atoms with Crippen LogP contribution < -0.4 is 72.9 Å². The number of hydrogen-bond donors (Lipinski definition) is 22. The Balaban J connectivity index is -0.000000496. The zero-order valence-electron chi connectivity index (χ0n) is 76.6. The van der Waals surface area contributed by atoms with Gasteiger partial charge in [-0.05, 0) is 119 Å². The van der Waals surface area contributed by atoms with E-state index in [1.165, 1.54) is 4.90 Å². The van der Waals surface area contributed by atoms with Gasteiger partial charge in [0.05, 0.1) is 38.1 Å². The maximum Gasteiger partial charge on any atom is 0.407 e. The van der Waals surface area contributed by atoms with Gasteiger partial charge in [-0.3, -0.25) is 76.7 Å². The number of nitrogens with one attached hydrogen (secondary N) is 4. The lowest BCUT2D eigenvalue weighted by Gasteiger charge is -2.17. The van der Waals surface area contributed by atoms with E-state index in [1.807, 2.05) is 0 Å². The molecule has 0 aromatic heterocycles. The third-order valence-electron chi connectivity index (χ3n) is 18.2. The van der Waals surface area contributed by atoms with E-state index in [9.17, 15) is 86.3 Å². The molecule has 0 aliphatic carbocycles. The maximum absolute atomic E-state index is 11.8. The molecule has 790 valence electrons. The Bertz CT molecular complexity index is 4280. The molecule has 4 saturated heterocycles. The largest absolute Gasteiger partial charge is 0.480 e. The number of carbonyl (C=O) groups is 18. The fourth-order valence-electron chi connectivity index (χ4n) is 10.4. The summed E-state index contributed by atoms with van der Waals surface area (Å²) in [6.07, 6.45) is 2.53. The molecule has 4 fully saturated rings. The molecule has 0 saturated carbocycles. The van der Waals surface area contributed by atoms with Crippen molar-refractivity contribution in [3.8, 4) is 0 Å². The molecule has 8 amide bonds. The van der Waals surface area contributed by atoms with Crippen LogP contribution in [0.2, 0.25) is 0 Å². The number of ether oxygens (including phenoxy) is 2. The first-order valence-corrected chi connectivity index (χ1v) is 42.0. The average molecular weight is 2030 g/mol. The lowest BCUT2D eigenvalue weighted by atomic mass is 10.1. The van der Waals surface area contributed by atoms with Crippen molar-refractivity contribution in [3.63, 3.8) is 0 Å². The quantitative estimate of drug-likeness (QED) is 0.0144. The van der Waals surface area contributed by atoms with E-state index < -0.39 is 127 Å². The molecule has 4 aliphatic rings. The molecule has 0 aromatic carbocycles. The summed E-state index contributed by atoms with van der Waals surface area (Å²) in [7, 11) is 0. The van der Waals surface area contributed by atoms with Gasteiger partial charge in [0.1, 0.15) is 66.8 Å². The van der Waals surface area contributed by atoms with Crippen LogP contribution in [0.1, 0.15) is 109 Å². The van der Waals surface area contributed by atoms with Crippen LogP contribution >= 0.6 is 0 Å². The summed E-state index contributed by atoms with van der Waals surface area (Å²) in [4.78, 5) is 224. The van der Waals surface area contributed by atoms with Crippen LogP contribution in [0.25, 0.3) is 94.0 Å². The van der Waals surface area contributed by atoms with Gasteiger partial charge in [0.25, 0.3) is 0 Å². The third kappa shape index (κ3) is 74.9. The highest BCUT2D eigenvalue weighted by Crippen LogP contribution is 2.21. The minimum Gasteiger partial charge on any atom is -0.480 e. The number of carboxylic acids is 9. The number of nitrogens with two attached hydrogens (primary N) is 9. The van der Waals surface area contributed by atoms with Crippen molar-refractivity contribution in [2.75, 3.05) is 138 Å². The van der Waals surface area contributed by atoms with Gasteiger partial charge in [-0.1, -0.05) is 46.0 Å². The number of carboxylic acid groups (broad SMARTS) is 9. The van der Waals surface area contributed by atoms with Gasteiger partial charge in [0.2, 0.25) is 35.4 Å². The van der Waals surface area contributed by atoms with E-state index in [4.69, 9.17) is 147 Å². The summed E-state index contributed by atoms with van der Waals surface area (Å²) in [5.74, 6) is -11.8. The SMILES string of the molecule is [N-]=[N+]=NC1CCN(C(=O)CC[C@H](N)C(=O)O)C1.[N-]=[N+]=NC1CCN(C(=O)C[C@H](N)C(=O)O)C1.[N-]=[N+]=NCC1CCN(C(=O)CC[C@H](N)C(=O)O)C1.[N-]=[N+]=NCC1CCN(C(=O)C[C@H](N)C(=O)O)C1.[N-]=[N+]=NCCCC(=O)C[C@H](N)C(=O)O.[N-]=[N+]=NCCCC(=O)NC[C@H](N)C(=O)O.[N-]=[N+]=NCCNC(=O)CC[C@H](N)C(=O)O.[N-]=[N+]=NCCNC(=O)OC[C@H](N)C(=O)O.[N-]=[N+]=NCCOC(=O)NC[C@H](N)C(=O)O. The Kier molecular flexibility index (Phi) is 79.4. The minimum absolute atomic E-state index is 0.0227. The predicted octanol–water partition coefficient (Wildman–Crippen LogP) is -1.40. The van der Waals surface area contributed by atoms with Gasteiger partial charge in [0.15, 0.2) is 0 Å². The Hall–Kier alpha value is -16.3. The van der Waals surface area contributed by atoms with E-state index in [0.29, 0.717) is 91.1 Å². The van der Waals surface area contributed by atoms with Gasteiger partial charge in [0, 0.05) is 201 Å². The fourth-order valence-corrected chi connectivity index (χ4v) is 10.4. The van der Waals surface area contributed by atoms with Gasteiger partial charge in [-0.15, -0.1) is 0 Å². The minimum atomic E-state index is -1.25. The number of aliphatic carboxylic acids is 9. The first kappa shape index (κ1) is 134. The van der Waals surface area contributed by atoms with Crippen molar-refractivity contribution in [1.82, 2.24) is 40.9 Å². The highest BCUT2D eigenvalue weighted by molar-refractivity contribution is 5.87. The zero-order valence-corrected chi connectivity index (χ0v) is 76.6. The number of rotatable bonds is 53. The van der Waals surface area contributed by atoms with E-state index in [-0.39, 0.29) is 201 Å². The number of likely N-dealkylation sites (tertiary alicyclic amines) is 4. The molecule has 13 atom stereocenters. The normalized spacial score (nSPS) is 15.8. The number of carbonyl (C=O) groups excluding carboxylic acids is 9. The number of alkyl carbamates (subject to hydrolysis) is 2. The van der Waals surface area contributed by atoms with Crippen molar-refractivity contribution in [2.24, 2.45) is 109 Å². The highest BCUT2D eigenvalue weighted by atomic mass is 16.6. The van der Waals surface area contributed by atoms with Gasteiger partial charge < -0.3 is 148 Å². The van der Waals surface area contributed by atoms with Crippen molar-refractivity contribution in [1.29, 1.82) is 0 Å². The first-order chi connectivity index (χ1) is 67.0. The molecule has 4 rings (SSSR count). The standard InChI is InChI=1S/C10H17N5O3.2C9H15N5O3.C8H13N5O3.2C7H13N5O3.C7H12N4O3.2C6H11N5O4/c11-8(10(17)18)1-2-9(16)15-4-3-7(6-15)5-13-14-12;10-7(9(16)17)3-8(15)14-2-1-6(5-14)4-12-13-11;10-7(9(16)17)1-2-8(15)14-4-3-6(5-14)12-13-11;9-6(8(15)16)3-7(14)13-2-1-5(4-13)11-12-10;8-5(7(14)15)1-2-6(13)10-3-4-11-12-9;8-5(7(14)15)4-10-6(13)2-1-3-11-12-9;8-6(7(13)14)4-5(12)2-1-3-10-11-9;7-4(5(12)13)3-9-6(14)15-2-1-10-11-8;7-4(5(12)13)3-15-6(14)9-1-2-10-11-8/h7-8H,1-6,11H2,(H,17,18);2*6-7H,1-5,10H2,(H,16,17);5-6H,1-4,9H2,(H,15,16);2*5H,1-4,8H2,(H,10,13)(H,14,15);6H,1-4,8H2,(H,13,14);2*4H,1-3,7H2,(H,9,14)(H,12,13)/t7?,8-;2*6?,7-;5?,6-;2*5-;6-;2*4-/m000000000/s1. The zero-order chi connectivity index (χ0) is 109. The molecule has 73 nitrogen and oxygen atoms in total. The molecule has 31 N–H and O–H groups in total. The van der Waals surface area contributed by atoms with Gasteiger partial charge >= 0.3 is 65.9 Å². The second-order valence-electron chi connectivity index (χ2n) is 29.2. The van der Waals surface area contributed by atoms with E-state index in [1.54, 1.807) is 14.7 Å². The summed E-state index contributed by atoms with van der Waals surface area (Å²) >= 11 is 0. The van der Waals surface area contributed by atoms with Crippen LogP contribution in [-0.4, -0.2) is 377 Å². The van der Waals surface area contributed by atoms with Crippen LogP contribution in [0.5, 0.6) is 0 Å². The number of nitrogens with zero attached hydrogens (tertiary/aromatic N) is 31. The predicted molar refractivity (Wildman–Crippen MR) is 486 cm³/mol. The van der Waals surface area contributed by atoms with Crippen molar-refractivity contribution >= 4 is 107 Å². The van der Waals surface area contributed by atoms with E-state index in [0.717, 1.165) is 12.8 Å². The molecule has 0 aromatic rings. The Labute approximate surface area is 803 Å². The second kappa shape index (κ2) is 84.0. The topological polar surface area (TPSA) is 1240 Å². The van der Waals surface area contributed by atoms with Gasteiger partial charge in [-0.25, -0.2) is 9.59 Å². The van der Waals surface area contributed by atoms with Crippen LogP contribution in [0, 0.1) is 11.8 Å². The molecule has 142 heavy (non-hydrogen) atoms. The summed E-state index contributed by atoms with van der Waals surface area (Å²) in [6, 6.07) is -10.4. The van der Waals surface area contributed by atoms with Crippen molar-refractivity contribution in [2.45, 2.75) is 176 Å². The lowest BCUT2D eigenvalue weighted by molar-refractivity contribution is -0.142. The molecule has 0 spiro atoms. The molecule has 4 heterocycles. The summed E-state index contributed by atoms with van der Waals surface area (Å²) in [5.41, 5.74) is 119. The van der Waals surface area contributed by atoms with E-state index >= 15 is 0 Å². The number of hydrogen-bond acceptors (Lipinski definition) is 38. The third-order valence-corrected chi connectivity index (χ3v) is 18.2. The lowest BCUT2D eigenvalue weighted by Crippen LogP contribution is -2.42. The van der Waals surface area contributed by atoms with Crippen LogP contribution in [0.3, 0.4) is 0 Å². The second-order valence-corrected chi connectivity index (χ2v) is 29.2. The summed E-state index contributed by atoms with van der Waals surface area (Å²) in [6.45, 7) is 5.13. The fraction of sp³-hybridized carbons (Fsp3) is 0.739. The molecule has 0 bridgehead atoms. The smallest absolute Gasteiger partial charge is 0.407 e. The molecule has 4 unspecified atom stereocenters. The monoisotopic (exact) mass is 2030 g/mol. The van der Waals surface area contributed by atoms with Crippen LogP contribution in [0.15, 0.2) is 46.0 Å². The van der Waals surface area contributed by atoms with Gasteiger partial charge in [-0.2, -0.15) is 0 Å². The van der Waals surface area contributed by atoms with Crippen molar-refractivity contribution in [3.05, 3.63) is 94.0 Å². The molecule has 4 aliphatic heterocycles. The number of ketones is 1. The number of Topliss-reactive ketones (excluding diaryl/α,β-unsaturated/α-hetero) is 1. The first-order valence-electron chi connectivity index (χ1n) is 42.0. The molecule has 0 radical (unpaired) electrons. The van der Waals surface area contributed by atoms with E-state index in [2.05, 4.69) is 121 Å². The number of azide groups is 9. The molecular formula is C69H120N44O29. The Morgan fingerprint density at radius 1 is 0.317 bits per heavy atom. The highest BCUT2D eigenvalue weighted by Gasteiger charge is 2.32. The summed E-state index contributed by atoms with van der Waals surface area (Å²) < 4.78 is 8.97. The average Bonchev–Trinajstić information content (AvgIpc) is 1.75.